The van der Waals surface area contributed by atoms with Gasteiger partial charge in [0.05, 0.1) is 17.5 Å². The number of hydrogen-bond donors (Lipinski definition) is 0. The van der Waals surface area contributed by atoms with Gasteiger partial charge in [0.2, 0.25) is 0 Å². The van der Waals surface area contributed by atoms with E-state index < -0.39 is 9.84 Å². The molecule has 0 saturated heterocycles. The van der Waals surface area contributed by atoms with Crippen molar-refractivity contribution in [1.82, 2.24) is 9.78 Å². The van der Waals surface area contributed by atoms with Crippen molar-refractivity contribution in [2.45, 2.75) is 31.8 Å². The zero-order valence-electron chi connectivity index (χ0n) is 8.80. The summed E-state index contributed by atoms with van der Waals surface area (Å²) in [6, 6.07) is 0. The summed E-state index contributed by atoms with van der Waals surface area (Å²) < 4.78 is 25.0. The Morgan fingerprint density at radius 2 is 2.13 bits per heavy atom. The first-order valence-electron chi connectivity index (χ1n) is 4.80. The van der Waals surface area contributed by atoms with Gasteiger partial charge in [0.25, 0.3) is 0 Å². The first-order chi connectivity index (χ1) is 7.06. The van der Waals surface area contributed by atoms with Crippen LogP contribution in [-0.2, 0) is 16.4 Å². The van der Waals surface area contributed by atoms with Crippen molar-refractivity contribution in [2.24, 2.45) is 0 Å². The Bertz CT molecular complexity index is 448. The zero-order valence-corrected chi connectivity index (χ0v) is 9.62. The number of aromatic nitrogens is 2. The molecule has 0 bridgehead atoms. The van der Waals surface area contributed by atoms with Gasteiger partial charge in [0, 0.05) is 6.54 Å². The van der Waals surface area contributed by atoms with Gasteiger partial charge in [-0.3, -0.25) is 9.48 Å². The summed E-state index contributed by atoms with van der Waals surface area (Å²) in [5.74, 6) is 0.0412. The Morgan fingerprint density at radius 1 is 1.47 bits per heavy atom. The number of carbonyl (C=O) groups excluding carboxylic acids is 1. The highest BCUT2D eigenvalue weighted by atomic mass is 32.2. The van der Waals surface area contributed by atoms with E-state index in [0.717, 1.165) is 0 Å². The predicted octanol–water partition coefficient (Wildman–Crippen LogP) is 0.899. The lowest BCUT2D eigenvalue weighted by Crippen LogP contribution is -2.14. The first kappa shape index (κ1) is 11.9. The summed E-state index contributed by atoms with van der Waals surface area (Å²) in [7, 11) is -3.38. The Labute approximate surface area is 89.0 Å². The van der Waals surface area contributed by atoms with Crippen molar-refractivity contribution >= 4 is 16.1 Å². The van der Waals surface area contributed by atoms with Gasteiger partial charge < -0.3 is 0 Å². The fourth-order valence-electron chi connectivity index (χ4n) is 1.40. The second-order valence-electron chi connectivity index (χ2n) is 3.16. The van der Waals surface area contributed by atoms with E-state index in [1.165, 1.54) is 10.9 Å². The van der Waals surface area contributed by atoms with Gasteiger partial charge in [0.1, 0.15) is 0 Å². The van der Waals surface area contributed by atoms with Crippen LogP contribution in [0.1, 0.15) is 30.6 Å². The lowest BCUT2D eigenvalue weighted by atomic mass is 10.4. The summed E-state index contributed by atoms with van der Waals surface area (Å²) in [5, 5.41) is 3.90. The van der Waals surface area contributed by atoms with E-state index in [0.29, 0.717) is 19.3 Å². The molecule has 0 spiro atoms. The summed E-state index contributed by atoms with van der Waals surface area (Å²) >= 11 is 0. The van der Waals surface area contributed by atoms with Gasteiger partial charge in [0.15, 0.2) is 21.1 Å². The second-order valence-corrected chi connectivity index (χ2v) is 5.18. The minimum Gasteiger partial charge on any atom is -0.298 e. The molecule has 0 fully saturated rings. The Kier molecular flexibility index (Phi) is 3.62. The lowest BCUT2D eigenvalue weighted by Gasteiger charge is -2.05. The van der Waals surface area contributed by atoms with Crippen LogP contribution in [0.4, 0.5) is 0 Å². The molecule has 0 aliphatic heterocycles. The number of hydrogen-bond acceptors (Lipinski definition) is 4. The molecule has 1 rings (SSSR count). The fraction of sp³-hybridized carbons (Fsp3) is 0.556. The highest BCUT2D eigenvalue weighted by Crippen LogP contribution is 2.16. The average Bonchev–Trinajstić information content (AvgIpc) is 2.60. The molecule has 0 aliphatic rings. The van der Waals surface area contributed by atoms with Crippen molar-refractivity contribution in [2.75, 3.05) is 5.75 Å². The Balaban J connectivity index is 3.33. The average molecular weight is 230 g/mol. The van der Waals surface area contributed by atoms with E-state index in [9.17, 15) is 13.2 Å². The third kappa shape index (κ3) is 2.26. The molecule has 1 heterocycles. The van der Waals surface area contributed by atoms with Gasteiger partial charge >= 0.3 is 0 Å². The van der Waals surface area contributed by atoms with E-state index in [2.05, 4.69) is 5.10 Å². The smallest absolute Gasteiger partial charge is 0.196 e. The van der Waals surface area contributed by atoms with Gasteiger partial charge in [-0.15, -0.1) is 0 Å². The molecule has 0 unspecified atom stereocenters. The molecule has 5 nitrogen and oxygen atoms in total. The lowest BCUT2D eigenvalue weighted by molar-refractivity contribution is 0.112. The van der Waals surface area contributed by atoms with Gasteiger partial charge in [-0.2, -0.15) is 5.10 Å². The van der Waals surface area contributed by atoms with E-state index in [-0.39, 0.29) is 16.3 Å². The number of rotatable bonds is 5. The number of nitrogens with zero attached hydrogens (tertiary/aromatic N) is 2. The molecule has 6 heteroatoms. The monoisotopic (exact) mass is 230 g/mol. The van der Waals surface area contributed by atoms with Crippen LogP contribution in [0.2, 0.25) is 0 Å². The van der Waals surface area contributed by atoms with Gasteiger partial charge in [-0.05, 0) is 13.3 Å². The highest BCUT2D eigenvalue weighted by molar-refractivity contribution is 7.91. The van der Waals surface area contributed by atoms with Crippen LogP contribution in [0.3, 0.4) is 0 Å². The maximum atomic E-state index is 11.8. The molecule has 15 heavy (non-hydrogen) atoms. The summed E-state index contributed by atoms with van der Waals surface area (Å²) in [4.78, 5) is 10.7. The van der Waals surface area contributed by atoms with Crippen LogP contribution in [0, 0.1) is 0 Å². The Hall–Kier alpha value is -1.17. The first-order valence-corrected chi connectivity index (χ1v) is 6.45. The summed E-state index contributed by atoms with van der Waals surface area (Å²) in [6.45, 7) is 4.00. The minimum atomic E-state index is -3.38. The highest BCUT2D eigenvalue weighted by Gasteiger charge is 2.22. The molecule has 0 radical (unpaired) electrons. The van der Waals surface area contributed by atoms with Gasteiger partial charge in [-0.1, -0.05) is 6.92 Å². The van der Waals surface area contributed by atoms with Crippen molar-refractivity contribution < 1.29 is 13.2 Å². The Morgan fingerprint density at radius 3 is 2.60 bits per heavy atom. The minimum absolute atomic E-state index is 0.0412. The predicted molar refractivity (Wildman–Crippen MR) is 55.6 cm³/mol. The topological polar surface area (TPSA) is 69.0 Å². The molecule has 1 aromatic heterocycles. The van der Waals surface area contributed by atoms with Crippen LogP contribution in [-0.4, -0.2) is 30.2 Å². The molecule has 0 saturated carbocycles. The number of aryl methyl sites for hydroxylation is 1. The van der Waals surface area contributed by atoms with Crippen LogP contribution in [0.15, 0.2) is 11.2 Å². The largest absolute Gasteiger partial charge is 0.298 e. The van der Waals surface area contributed by atoms with E-state index in [4.69, 9.17) is 0 Å². The second kappa shape index (κ2) is 4.57. The number of carbonyl (C=O) groups is 1. The van der Waals surface area contributed by atoms with E-state index >= 15 is 0 Å². The van der Waals surface area contributed by atoms with Crippen LogP contribution in [0.5, 0.6) is 0 Å². The fourth-order valence-corrected chi connectivity index (χ4v) is 3.09. The molecular formula is C9H14N2O3S. The standard InChI is InChI=1S/C9H14N2O3S/c1-3-5-15(13,14)9-8(7-12)6-10-11(9)4-2/h6-7H,3-5H2,1-2H3. The van der Waals surface area contributed by atoms with Crippen molar-refractivity contribution in [3.63, 3.8) is 0 Å². The van der Waals surface area contributed by atoms with E-state index in [1.807, 2.05) is 0 Å². The van der Waals surface area contributed by atoms with Gasteiger partial charge in [-0.25, -0.2) is 8.42 Å². The third-order valence-corrected chi connectivity index (χ3v) is 3.99. The molecule has 84 valence electrons. The zero-order chi connectivity index (χ0) is 11.5. The maximum Gasteiger partial charge on any atom is 0.196 e. The third-order valence-electron chi connectivity index (χ3n) is 2.01. The molecule has 0 N–H and O–H groups in total. The molecule has 1 aromatic rings. The molecule has 0 aromatic carbocycles. The molecular weight excluding hydrogens is 216 g/mol. The SMILES string of the molecule is CCCS(=O)(=O)c1c(C=O)cnn1CC. The van der Waals surface area contributed by atoms with E-state index in [1.54, 1.807) is 13.8 Å². The van der Waals surface area contributed by atoms with Crippen molar-refractivity contribution in [1.29, 1.82) is 0 Å². The van der Waals surface area contributed by atoms with Crippen molar-refractivity contribution in [3.8, 4) is 0 Å². The van der Waals surface area contributed by atoms with Crippen LogP contribution in [0.25, 0.3) is 0 Å². The summed E-state index contributed by atoms with van der Waals surface area (Å²) in [6.07, 6.45) is 2.34. The molecule has 0 atom stereocenters. The normalized spacial score (nSPS) is 11.6. The number of aldehydes is 1. The maximum absolute atomic E-state index is 11.8. The quantitative estimate of drug-likeness (QED) is 0.705. The number of sulfone groups is 1. The van der Waals surface area contributed by atoms with Crippen molar-refractivity contribution in [3.05, 3.63) is 11.8 Å². The molecule has 0 aliphatic carbocycles. The molecule has 0 amide bonds. The van der Waals surface area contributed by atoms with Crippen LogP contribution >= 0.6 is 0 Å². The van der Waals surface area contributed by atoms with Crippen LogP contribution < -0.4 is 0 Å². The summed E-state index contributed by atoms with van der Waals surface area (Å²) in [5.41, 5.74) is 0.144.